The van der Waals surface area contributed by atoms with E-state index in [0.29, 0.717) is 5.16 Å². The maximum Gasteiger partial charge on any atom is 1.00 e. The van der Waals surface area contributed by atoms with Gasteiger partial charge in [0.05, 0.1) is 5.39 Å². The summed E-state index contributed by atoms with van der Waals surface area (Å²) in [5.74, 6) is 0. The molecule has 3 nitrogen and oxygen atoms in total. The van der Waals surface area contributed by atoms with Crippen LogP contribution in [0.1, 0.15) is 23.3 Å². The van der Waals surface area contributed by atoms with E-state index < -0.39 is 0 Å². The molecular formula is C16H13KN2OS2. The largest absolute Gasteiger partial charge is 1.00 e. The van der Waals surface area contributed by atoms with Crippen LogP contribution in [0.4, 0.5) is 0 Å². The Bertz CT molecular complexity index is 887. The van der Waals surface area contributed by atoms with E-state index in [1.54, 1.807) is 15.9 Å². The van der Waals surface area contributed by atoms with Crippen molar-refractivity contribution in [3.05, 3.63) is 51.1 Å². The van der Waals surface area contributed by atoms with Crippen LogP contribution in [-0.2, 0) is 25.5 Å². The summed E-state index contributed by atoms with van der Waals surface area (Å²) in [5, 5.41) is 1.13. The smallest absolute Gasteiger partial charge is 0.742 e. The molecule has 106 valence electrons. The first-order valence-corrected chi connectivity index (χ1v) is 8.28. The molecule has 0 amide bonds. The molecule has 0 bridgehead atoms. The molecule has 1 aliphatic carbocycles. The minimum absolute atomic E-state index is 0. The van der Waals surface area contributed by atoms with E-state index in [0.717, 1.165) is 35.2 Å². The zero-order valence-corrected chi connectivity index (χ0v) is 17.1. The van der Waals surface area contributed by atoms with Gasteiger partial charge in [-0.1, -0.05) is 18.2 Å². The quantitative estimate of drug-likeness (QED) is 0.357. The van der Waals surface area contributed by atoms with E-state index in [2.05, 4.69) is 4.98 Å². The fourth-order valence-electron chi connectivity index (χ4n) is 2.99. The van der Waals surface area contributed by atoms with E-state index in [1.165, 1.54) is 16.9 Å². The molecule has 3 aromatic rings. The zero-order chi connectivity index (χ0) is 14.4. The number of benzene rings is 1. The summed E-state index contributed by atoms with van der Waals surface area (Å²) in [6, 6.07) is 9.52. The fourth-order valence-corrected chi connectivity index (χ4v) is 4.58. The van der Waals surface area contributed by atoms with Gasteiger partial charge in [0.2, 0.25) is 0 Å². The normalized spacial score (nSPS) is 13.6. The second-order valence-corrected chi connectivity index (χ2v) is 6.71. The van der Waals surface area contributed by atoms with Gasteiger partial charge in [-0.3, -0.25) is 9.36 Å². The average Bonchev–Trinajstić information content (AvgIpc) is 2.86. The minimum Gasteiger partial charge on any atom is -0.742 e. The van der Waals surface area contributed by atoms with Crippen molar-refractivity contribution in [1.29, 1.82) is 0 Å². The SMILES string of the molecule is O=c1c2c3c(sc2nc([S-])n1-c1ccccc1)CCCC3.[K+]. The van der Waals surface area contributed by atoms with Gasteiger partial charge in [-0.25, -0.2) is 4.98 Å². The fraction of sp³-hybridized carbons (Fsp3) is 0.250. The molecule has 1 aromatic carbocycles. The summed E-state index contributed by atoms with van der Waals surface area (Å²) >= 11 is 6.99. The maximum atomic E-state index is 12.9. The molecule has 0 atom stereocenters. The molecule has 1 aliphatic rings. The third-order valence-electron chi connectivity index (χ3n) is 3.97. The van der Waals surface area contributed by atoms with Gasteiger partial charge >= 0.3 is 51.4 Å². The Kier molecular flexibility index (Phi) is 5.19. The van der Waals surface area contributed by atoms with Gasteiger partial charge in [-0.05, 0) is 48.5 Å². The molecule has 2 heterocycles. The van der Waals surface area contributed by atoms with Crippen molar-refractivity contribution in [2.24, 2.45) is 0 Å². The molecule has 0 aliphatic heterocycles. The molecule has 0 spiro atoms. The van der Waals surface area contributed by atoms with Crippen molar-refractivity contribution >= 4 is 34.2 Å². The standard InChI is InChI=1S/C16H14N2OS2.K/c19-15-13-11-8-4-5-9-12(11)21-14(13)17-16(20)18(15)10-6-2-1-3-7-10;/h1-3,6-7H,4-5,8-9H2,(H,17,20);/q;+1/p-1. The second-order valence-electron chi connectivity index (χ2n) is 5.26. The summed E-state index contributed by atoms with van der Waals surface area (Å²) in [6.07, 6.45) is 4.40. The van der Waals surface area contributed by atoms with Gasteiger partial charge in [0, 0.05) is 10.6 Å². The predicted octanol–water partition coefficient (Wildman–Crippen LogP) is 0.236. The summed E-state index contributed by atoms with van der Waals surface area (Å²) in [5.41, 5.74) is 1.98. The molecule has 6 heteroatoms. The number of nitrogens with zero attached hydrogens (tertiary/aromatic N) is 2. The number of rotatable bonds is 1. The summed E-state index contributed by atoms with van der Waals surface area (Å²) in [7, 11) is 0. The number of aromatic nitrogens is 2. The zero-order valence-electron chi connectivity index (χ0n) is 12.3. The van der Waals surface area contributed by atoms with E-state index in [4.69, 9.17) is 12.6 Å². The first kappa shape index (κ1) is 16.8. The summed E-state index contributed by atoms with van der Waals surface area (Å²) in [4.78, 5) is 19.6. The Morgan fingerprint density at radius 2 is 1.86 bits per heavy atom. The predicted molar refractivity (Wildman–Crippen MR) is 87.5 cm³/mol. The average molecular weight is 353 g/mol. The Hall–Kier alpha value is -0.0836. The number of hydrogen-bond acceptors (Lipinski definition) is 4. The number of hydrogen-bond donors (Lipinski definition) is 0. The summed E-state index contributed by atoms with van der Waals surface area (Å²) < 4.78 is 1.55. The number of aryl methyl sites for hydroxylation is 2. The van der Waals surface area contributed by atoms with Crippen LogP contribution in [0.2, 0.25) is 0 Å². The van der Waals surface area contributed by atoms with Crippen LogP contribution >= 0.6 is 11.3 Å². The van der Waals surface area contributed by atoms with Crippen LogP contribution < -0.4 is 56.9 Å². The Labute approximate surface area is 180 Å². The van der Waals surface area contributed by atoms with Crippen molar-refractivity contribution in [1.82, 2.24) is 9.55 Å². The minimum atomic E-state index is -0.0180. The Balaban J connectivity index is 0.00000144. The van der Waals surface area contributed by atoms with Crippen LogP contribution in [0.15, 0.2) is 40.3 Å². The van der Waals surface area contributed by atoms with Crippen molar-refractivity contribution in [2.45, 2.75) is 30.8 Å². The molecule has 0 saturated carbocycles. The molecule has 4 rings (SSSR count). The van der Waals surface area contributed by atoms with Crippen molar-refractivity contribution in [3.63, 3.8) is 0 Å². The van der Waals surface area contributed by atoms with Crippen LogP contribution in [-0.4, -0.2) is 9.55 Å². The van der Waals surface area contributed by atoms with Crippen LogP contribution in [0.3, 0.4) is 0 Å². The molecule has 0 fully saturated rings. The molecule has 22 heavy (non-hydrogen) atoms. The first-order valence-electron chi connectivity index (χ1n) is 7.05. The van der Waals surface area contributed by atoms with Crippen LogP contribution in [0, 0.1) is 0 Å². The van der Waals surface area contributed by atoms with Gasteiger partial charge in [0.15, 0.2) is 0 Å². The second kappa shape index (κ2) is 6.81. The van der Waals surface area contributed by atoms with Gasteiger partial charge in [0.25, 0.3) is 5.56 Å². The van der Waals surface area contributed by atoms with E-state index in [-0.39, 0.29) is 56.9 Å². The topological polar surface area (TPSA) is 34.9 Å². The third-order valence-corrected chi connectivity index (χ3v) is 5.43. The maximum absolute atomic E-state index is 12.9. The van der Waals surface area contributed by atoms with Gasteiger partial charge < -0.3 is 12.6 Å². The third kappa shape index (κ3) is 2.75. The van der Waals surface area contributed by atoms with Crippen LogP contribution in [0.5, 0.6) is 0 Å². The van der Waals surface area contributed by atoms with E-state index >= 15 is 0 Å². The molecule has 0 radical (unpaired) electrons. The summed E-state index contributed by atoms with van der Waals surface area (Å²) in [6.45, 7) is 0. The number of fused-ring (bicyclic) bond motifs is 3. The Morgan fingerprint density at radius 1 is 1.14 bits per heavy atom. The molecule has 0 N–H and O–H groups in total. The van der Waals surface area contributed by atoms with E-state index in [1.807, 2.05) is 30.3 Å². The first-order chi connectivity index (χ1) is 10.3. The molecule has 0 unspecified atom stereocenters. The molecule has 2 aromatic heterocycles. The van der Waals surface area contributed by atoms with Crippen molar-refractivity contribution in [3.8, 4) is 5.69 Å². The molecular weight excluding hydrogens is 339 g/mol. The number of para-hydroxylation sites is 1. The molecule has 0 saturated heterocycles. The monoisotopic (exact) mass is 352 g/mol. The van der Waals surface area contributed by atoms with Gasteiger partial charge in [-0.2, -0.15) is 0 Å². The van der Waals surface area contributed by atoms with Crippen molar-refractivity contribution in [2.75, 3.05) is 0 Å². The Morgan fingerprint density at radius 3 is 2.64 bits per heavy atom. The van der Waals surface area contributed by atoms with E-state index in [9.17, 15) is 4.79 Å². The van der Waals surface area contributed by atoms with Crippen molar-refractivity contribution < 1.29 is 51.4 Å². The van der Waals surface area contributed by atoms with Gasteiger partial charge in [-0.15, -0.1) is 11.3 Å². The van der Waals surface area contributed by atoms with Gasteiger partial charge in [0.1, 0.15) is 4.83 Å². The number of thiophene rings is 1. The van der Waals surface area contributed by atoms with Crippen LogP contribution in [0.25, 0.3) is 15.9 Å².